The third-order valence-electron chi connectivity index (χ3n) is 6.26. The number of quaternary nitrogens is 1. The van der Waals surface area contributed by atoms with Crippen molar-refractivity contribution in [2.24, 2.45) is 0 Å². The third-order valence-corrected chi connectivity index (χ3v) is 6.26. The topological polar surface area (TPSA) is 9.23 Å². The Bertz CT molecular complexity index is 882. The monoisotopic (exact) mass is 358 g/mol. The minimum absolute atomic E-state index is 0.307. The lowest BCUT2D eigenvalue weighted by Gasteiger charge is -2.43. The van der Waals surface area contributed by atoms with E-state index in [1.165, 1.54) is 28.1 Å². The normalized spacial score (nSPS) is 16.0. The number of fused-ring (bicyclic) bond motifs is 2. The summed E-state index contributed by atoms with van der Waals surface area (Å²) in [5.41, 5.74) is 7.15. The van der Waals surface area contributed by atoms with Gasteiger partial charge in [0.1, 0.15) is 23.2 Å². The summed E-state index contributed by atoms with van der Waals surface area (Å²) in [7, 11) is 1.72. The molecular weight excluding hydrogens is 330 g/mol. The fraction of sp³-hybridized carbons (Fsp3) is 0.280. The van der Waals surface area contributed by atoms with E-state index in [2.05, 4.69) is 86.6 Å². The van der Waals surface area contributed by atoms with Crippen LogP contribution in [0.4, 0.5) is 11.4 Å². The summed E-state index contributed by atoms with van der Waals surface area (Å²) in [5, 5.41) is 0. The van der Waals surface area contributed by atoms with E-state index < -0.39 is 0 Å². The number of benzene rings is 3. The van der Waals surface area contributed by atoms with E-state index in [1.807, 2.05) is 0 Å². The van der Waals surface area contributed by atoms with Crippen LogP contribution in [0, 0.1) is 0 Å². The molecule has 3 aromatic rings. The fourth-order valence-corrected chi connectivity index (χ4v) is 4.79. The fourth-order valence-electron chi connectivity index (χ4n) is 4.79. The van der Waals surface area contributed by atoms with Crippen molar-refractivity contribution in [3.8, 4) is 5.75 Å². The van der Waals surface area contributed by atoms with Gasteiger partial charge >= 0.3 is 0 Å². The van der Waals surface area contributed by atoms with Crippen molar-refractivity contribution in [3.63, 3.8) is 0 Å². The van der Waals surface area contributed by atoms with Crippen LogP contribution in [-0.2, 0) is 12.8 Å². The number of aryl methyl sites for hydroxylation is 2. The highest BCUT2D eigenvalue weighted by molar-refractivity contribution is 5.68. The van der Waals surface area contributed by atoms with Gasteiger partial charge < -0.3 is 4.74 Å². The second kappa shape index (κ2) is 7.21. The first-order valence-electron chi connectivity index (χ1n) is 9.89. The molecule has 27 heavy (non-hydrogen) atoms. The molecule has 0 fully saturated rings. The zero-order chi connectivity index (χ0) is 18.9. The standard InChI is InChI=1S/C25H28NO/c1-4-26(19(2)20-15-17-23(27-3)18-16-20)24-11-7-5-9-21(24)13-14-22-10-6-8-12-25(22)26/h5-12,15-19H,4,13-14H2,1-3H3/q+1. The predicted molar refractivity (Wildman–Crippen MR) is 114 cm³/mol. The zero-order valence-corrected chi connectivity index (χ0v) is 16.5. The molecule has 138 valence electrons. The van der Waals surface area contributed by atoms with Gasteiger partial charge in [-0.15, -0.1) is 0 Å². The summed E-state index contributed by atoms with van der Waals surface area (Å²) in [5.74, 6) is 0.908. The quantitative estimate of drug-likeness (QED) is 0.504. The van der Waals surface area contributed by atoms with E-state index in [0.29, 0.717) is 6.04 Å². The second-order valence-electron chi connectivity index (χ2n) is 7.39. The number of para-hydroxylation sites is 2. The highest BCUT2D eigenvalue weighted by Gasteiger charge is 2.42. The van der Waals surface area contributed by atoms with Crippen LogP contribution in [0.2, 0.25) is 0 Å². The van der Waals surface area contributed by atoms with Crippen LogP contribution in [-0.4, -0.2) is 13.7 Å². The highest BCUT2D eigenvalue weighted by atomic mass is 16.5. The van der Waals surface area contributed by atoms with Crippen LogP contribution in [0.25, 0.3) is 0 Å². The van der Waals surface area contributed by atoms with Crippen LogP contribution in [0.5, 0.6) is 5.75 Å². The van der Waals surface area contributed by atoms with E-state index in [4.69, 9.17) is 4.74 Å². The van der Waals surface area contributed by atoms with E-state index >= 15 is 0 Å². The van der Waals surface area contributed by atoms with Gasteiger partial charge in [-0.25, -0.2) is 0 Å². The van der Waals surface area contributed by atoms with E-state index in [9.17, 15) is 0 Å². The molecule has 1 heterocycles. The molecule has 0 bridgehead atoms. The Kier molecular flexibility index (Phi) is 4.75. The van der Waals surface area contributed by atoms with Gasteiger partial charge in [0, 0.05) is 16.7 Å². The molecule has 1 atom stereocenters. The second-order valence-corrected chi connectivity index (χ2v) is 7.39. The van der Waals surface area contributed by atoms with E-state index in [-0.39, 0.29) is 0 Å². The Morgan fingerprint density at radius 2 is 1.33 bits per heavy atom. The van der Waals surface area contributed by atoms with Gasteiger partial charge in [-0.05, 0) is 63.1 Å². The van der Waals surface area contributed by atoms with Crippen LogP contribution in [0.15, 0.2) is 72.8 Å². The summed E-state index contributed by atoms with van der Waals surface area (Å²) in [6.45, 7) is 5.70. The smallest absolute Gasteiger partial charge is 0.141 e. The van der Waals surface area contributed by atoms with Gasteiger partial charge in [-0.2, -0.15) is 0 Å². The molecule has 0 spiro atoms. The Hall–Kier alpha value is -2.58. The molecule has 0 radical (unpaired) electrons. The van der Waals surface area contributed by atoms with Crippen LogP contribution < -0.4 is 9.22 Å². The summed E-state index contributed by atoms with van der Waals surface area (Å²) in [6, 6.07) is 26.9. The average molecular weight is 359 g/mol. The van der Waals surface area contributed by atoms with E-state index in [1.54, 1.807) is 7.11 Å². The molecule has 1 aliphatic heterocycles. The summed E-state index contributed by atoms with van der Waals surface area (Å²) >= 11 is 0. The average Bonchev–Trinajstić information content (AvgIpc) is 2.88. The SMILES string of the molecule is CC[N+]1(C(C)c2ccc(OC)cc2)c2ccccc2CCc2ccccc21. The minimum atomic E-state index is 0.307. The molecule has 2 heteroatoms. The molecule has 0 aromatic heterocycles. The van der Waals surface area contributed by atoms with Crippen molar-refractivity contribution in [3.05, 3.63) is 89.5 Å². The number of methoxy groups -OCH3 is 1. The maximum atomic E-state index is 5.37. The lowest BCUT2D eigenvalue weighted by molar-refractivity contribution is 0.319. The molecule has 0 saturated carbocycles. The van der Waals surface area contributed by atoms with E-state index in [0.717, 1.165) is 29.6 Å². The molecule has 3 aromatic carbocycles. The maximum Gasteiger partial charge on any atom is 0.141 e. The molecule has 4 rings (SSSR count). The summed E-state index contributed by atoms with van der Waals surface area (Å²) < 4.78 is 6.23. The number of nitrogens with zero attached hydrogens (tertiary/aromatic N) is 1. The van der Waals surface area contributed by atoms with Crippen molar-refractivity contribution >= 4 is 11.4 Å². The lowest BCUT2D eigenvalue weighted by atomic mass is 9.98. The first-order valence-corrected chi connectivity index (χ1v) is 9.89. The highest BCUT2D eigenvalue weighted by Crippen LogP contribution is 2.49. The largest absolute Gasteiger partial charge is 0.497 e. The number of rotatable bonds is 4. The Morgan fingerprint density at radius 1 is 0.815 bits per heavy atom. The van der Waals surface area contributed by atoms with Gasteiger partial charge in [-0.3, -0.25) is 4.48 Å². The Labute approximate surface area is 162 Å². The molecule has 2 nitrogen and oxygen atoms in total. The van der Waals surface area contributed by atoms with Gasteiger partial charge in [0.25, 0.3) is 0 Å². The van der Waals surface area contributed by atoms with Crippen LogP contribution in [0.1, 0.15) is 36.6 Å². The molecule has 1 unspecified atom stereocenters. The Morgan fingerprint density at radius 3 is 1.81 bits per heavy atom. The zero-order valence-electron chi connectivity index (χ0n) is 16.5. The van der Waals surface area contributed by atoms with Crippen LogP contribution in [0.3, 0.4) is 0 Å². The lowest BCUT2D eigenvalue weighted by Crippen LogP contribution is -2.46. The van der Waals surface area contributed by atoms with Crippen molar-refractivity contribution in [2.45, 2.75) is 32.7 Å². The molecule has 1 aliphatic rings. The third kappa shape index (κ3) is 2.85. The minimum Gasteiger partial charge on any atom is -0.497 e. The predicted octanol–water partition coefficient (Wildman–Crippen LogP) is 6.21. The first-order chi connectivity index (χ1) is 13.2. The summed E-state index contributed by atoms with van der Waals surface area (Å²) in [6.07, 6.45) is 2.20. The molecule has 0 saturated heterocycles. The molecule has 0 amide bonds. The Balaban J connectivity index is 1.96. The molecule has 0 aliphatic carbocycles. The molecule has 0 N–H and O–H groups in total. The van der Waals surface area contributed by atoms with Gasteiger partial charge in [0.05, 0.1) is 13.7 Å². The molecular formula is C25H28NO+. The van der Waals surface area contributed by atoms with Gasteiger partial charge in [-0.1, -0.05) is 36.4 Å². The number of hydrogen-bond donors (Lipinski definition) is 0. The van der Waals surface area contributed by atoms with Crippen molar-refractivity contribution in [2.75, 3.05) is 13.7 Å². The van der Waals surface area contributed by atoms with Crippen molar-refractivity contribution < 1.29 is 4.74 Å². The number of ether oxygens (including phenoxy) is 1. The van der Waals surface area contributed by atoms with Gasteiger partial charge in [0.15, 0.2) is 0 Å². The van der Waals surface area contributed by atoms with Crippen molar-refractivity contribution in [1.29, 1.82) is 0 Å². The summed E-state index contributed by atoms with van der Waals surface area (Å²) in [4.78, 5) is 0. The first kappa shape index (κ1) is 17.8. The van der Waals surface area contributed by atoms with Gasteiger partial charge in [0.2, 0.25) is 0 Å². The maximum absolute atomic E-state index is 5.37. The van der Waals surface area contributed by atoms with Crippen LogP contribution >= 0.6 is 0 Å². The van der Waals surface area contributed by atoms with Crippen molar-refractivity contribution in [1.82, 2.24) is 4.48 Å². The number of hydrogen-bond acceptors (Lipinski definition) is 1.